The van der Waals surface area contributed by atoms with Gasteiger partial charge in [-0.15, -0.1) is 0 Å². The molecule has 1 atom stereocenters. The Hall–Kier alpha value is -0.840. The molecule has 0 radical (unpaired) electrons. The molecule has 1 unspecified atom stereocenters. The number of nitrogens with two attached hydrogens (primary N) is 1. The van der Waals surface area contributed by atoms with Crippen LogP contribution in [0.2, 0.25) is 5.02 Å². The molecule has 0 fully saturated rings. The first-order valence-electron chi connectivity index (χ1n) is 6.16. The zero-order valence-corrected chi connectivity index (χ0v) is 13.4. The number of rotatable bonds is 4. The number of nitrogens with zero attached hydrogens (tertiary/aromatic N) is 2. The van der Waals surface area contributed by atoms with Gasteiger partial charge in [0, 0.05) is 18.0 Å². The van der Waals surface area contributed by atoms with Crippen LogP contribution in [0, 0.1) is 6.92 Å². The maximum Gasteiger partial charge on any atom is 0.0738 e. The van der Waals surface area contributed by atoms with Crippen LogP contribution in [0.5, 0.6) is 0 Å². The van der Waals surface area contributed by atoms with E-state index >= 15 is 0 Å². The molecule has 1 aromatic heterocycles. The number of hydrogen-bond acceptors (Lipinski definition) is 2. The Bertz CT molecular complexity index is 563. The Morgan fingerprint density at radius 1 is 1.37 bits per heavy atom. The van der Waals surface area contributed by atoms with Crippen molar-refractivity contribution >= 4 is 27.5 Å². The molecule has 0 saturated carbocycles. The van der Waals surface area contributed by atoms with Crippen molar-refractivity contribution in [2.45, 2.75) is 19.3 Å². The normalized spacial score (nSPS) is 12.7. The molecule has 102 valence electrons. The third-order valence-electron chi connectivity index (χ3n) is 3.33. The lowest BCUT2D eigenvalue weighted by atomic mass is 9.94. The summed E-state index contributed by atoms with van der Waals surface area (Å²) in [6.45, 7) is 2.59. The topological polar surface area (TPSA) is 43.8 Å². The molecule has 2 rings (SSSR count). The zero-order valence-electron chi connectivity index (χ0n) is 11.0. The summed E-state index contributed by atoms with van der Waals surface area (Å²) in [5.41, 5.74) is 9.30. The van der Waals surface area contributed by atoms with Crippen molar-refractivity contribution in [1.29, 1.82) is 0 Å². The number of aryl methyl sites for hydroxylation is 2. The van der Waals surface area contributed by atoms with E-state index in [1.54, 1.807) is 0 Å². The third kappa shape index (κ3) is 3.19. The summed E-state index contributed by atoms with van der Waals surface area (Å²) < 4.78 is 2.99. The molecule has 0 aliphatic heterocycles. The van der Waals surface area contributed by atoms with Crippen molar-refractivity contribution in [3.63, 3.8) is 0 Å². The summed E-state index contributed by atoms with van der Waals surface area (Å²) >= 11 is 9.52. The van der Waals surface area contributed by atoms with Crippen LogP contribution < -0.4 is 5.73 Å². The summed E-state index contributed by atoms with van der Waals surface area (Å²) in [6, 6.07) is 7.89. The Labute approximate surface area is 126 Å². The highest BCUT2D eigenvalue weighted by Gasteiger charge is 2.17. The van der Waals surface area contributed by atoms with E-state index in [-0.39, 0.29) is 5.92 Å². The molecule has 0 aliphatic carbocycles. The van der Waals surface area contributed by atoms with Crippen molar-refractivity contribution in [3.8, 4) is 0 Å². The molecule has 3 nitrogen and oxygen atoms in total. The van der Waals surface area contributed by atoms with Crippen molar-refractivity contribution in [3.05, 3.63) is 50.7 Å². The standard InChI is InChI=1S/C14H17BrClN3/c1-9-14(15)13(19(2)18-9)7-11(8-17)10-3-5-12(16)6-4-10/h3-6,11H,7-8,17H2,1-2H3. The van der Waals surface area contributed by atoms with Gasteiger partial charge in [0.05, 0.1) is 15.9 Å². The Balaban J connectivity index is 2.26. The van der Waals surface area contributed by atoms with E-state index in [9.17, 15) is 0 Å². The van der Waals surface area contributed by atoms with E-state index in [1.165, 1.54) is 11.3 Å². The molecule has 0 saturated heterocycles. The minimum Gasteiger partial charge on any atom is -0.330 e. The van der Waals surface area contributed by atoms with Gasteiger partial charge in [-0.05, 0) is 53.5 Å². The highest BCUT2D eigenvalue weighted by atomic mass is 79.9. The van der Waals surface area contributed by atoms with Crippen LogP contribution >= 0.6 is 27.5 Å². The molecular weight excluding hydrogens is 326 g/mol. The minimum absolute atomic E-state index is 0.267. The van der Waals surface area contributed by atoms with Gasteiger partial charge in [0.25, 0.3) is 0 Å². The Morgan fingerprint density at radius 2 is 2.00 bits per heavy atom. The minimum atomic E-state index is 0.267. The lowest BCUT2D eigenvalue weighted by Crippen LogP contribution is -2.16. The van der Waals surface area contributed by atoms with E-state index in [0.717, 1.165) is 21.6 Å². The van der Waals surface area contributed by atoms with Gasteiger partial charge in [0.1, 0.15) is 0 Å². The average Bonchev–Trinajstić information content (AvgIpc) is 2.63. The van der Waals surface area contributed by atoms with Gasteiger partial charge in [0.15, 0.2) is 0 Å². The smallest absolute Gasteiger partial charge is 0.0738 e. The Morgan fingerprint density at radius 3 is 2.47 bits per heavy atom. The molecule has 0 aliphatic rings. The molecule has 0 spiro atoms. The lowest BCUT2D eigenvalue weighted by molar-refractivity contribution is 0.627. The van der Waals surface area contributed by atoms with Gasteiger partial charge in [-0.2, -0.15) is 5.10 Å². The first-order valence-corrected chi connectivity index (χ1v) is 7.33. The molecule has 1 heterocycles. The quantitative estimate of drug-likeness (QED) is 0.925. The maximum absolute atomic E-state index is 5.92. The van der Waals surface area contributed by atoms with E-state index in [2.05, 4.69) is 21.0 Å². The van der Waals surface area contributed by atoms with Crippen LogP contribution in [0.15, 0.2) is 28.7 Å². The summed E-state index contributed by atoms with van der Waals surface area (Å²) in [5, 5.41) is 5.16. The molecule has 2 N–H and O–H groups in total. The highest BCUT2D eigenvalue weighted by Crippen LogP contribution is 2.27. The van der Waals surface area contributed by atoms with E-state index in [1.807, 2.05) is 42.9 Å². The molecule has 0 bridgehead atoms. The monoisotopic (exact) mass is 341 g/mol. The predicted octanol–water partition coefficient (Wildman–Crippen LogP) is 3.43. The molecular formula is C14H17BrClN3. The van der Waals surface area contributed by atoms with E-state index in [0.29, 0.717) is 6.54 Å². The van der Waals surface area contributed by atoms with Crippen LogP contribution in [0.25, 0.3) is 0 Å². The fourth-order valence-electron chi connectivity index (χ4n) is 2.21. The van der Waals surface area contributed by atoms with Crippen LogP contribution in [-0.4, -0.2) is 16.3 Å². The largest absolute Gasteiger partial charge is 0.330 e. The number of halogens is 2. The second kappa shape index (κ2) is 6.07. The van der Waals surface area contributed by atoms with Crippen molar-refractivity contribution in [1.82, 2.24) is 9.78 Å². The second-order valence-corrected chi connectivity index (χ2v) is 5.89. The molecule has 5 heteroatoms. The fraction of sp³-hybridized carbons (Fsp3) is 0.357. The van der Waals surface area contributed by atoms with Gasteiger partial charge in [0.2, 0.25) is 0 Å². The molecule has 1 aromatic carbocycles. The Kier molecular flexibility index (Phi) is 4.66. The third-order valence-corrected chi connectivity index (χ3v) is 4.61. The predicted molar refractivity (Wildman–Crippen MR) is 82.6 cm³/mol. The van der Waals surface area contributed by atoms with Gasteiger partial charge in [-0.25, -0.2) is 0 Å². The maximum atomic E-state index is 5.92. The van der Waals surface area contributed by atoms with Crippen LogP contribution in [0.1, 0.15) is 22.9 Å². The van der Waals surface area contributed by atoms with Gasteiger partial charge in [-0.1, -0.05) is 23.7 Å². The van der Waals surface area contributed by atoms with Gasteiger partial charge >= 0.3 is 0 Å². The second-order valence-electron chi connectivity index (χ2n) is 4.66. The summed E-state index contributed by atoms with van der Waals surface area (Å²) in [4.78, 5) is 0. The first-order chi connectivity index (χ1) is 9.02. The lowest BCUT2D eigenvalue weighted by Gasteiger charge is -2.16. The van der Waals surface area contributed by atoms with Crippen molar-refractivity contribution in [2.24, 2.45) is 12.8 Å². The van der Waals surface area contributed by atoms with Crippen LogP contribution in [0.3, 0.4) is 0 Å². The van der Waals surface area contributed by atoms with Crippen LogP contribution in [0.4, 0.5) is 0 Å². The fourth-order valence-corrected chi connectivity index (χ4v) is 2.83. The van der Waals surface area contributed by atoms with Gasteiger partial charge in [-0.3, -0.25) is 4.68 Å². The van der Waals surface area contributed by atoms with Gasteiger partial charge < -0.3 is 5.73 Å². The zero-order chi connectivity index (χ0) is 14.0. The number of hydrogen-bond donors (Lipinski definition) is 1. The SMILES string of the molecule is Cc1nn(C)c(CC(CN)c2ccc(Cl)cc2)c1Br. The highest BCUT2D eigenvalue weighted by molar-refractivity contribution is 9.10. The summed E-state index contributed by atoms with van der Waals surface area (Å²) in [6.07, 6.45) is 0.857. The van der Waals surface area contributed by atoms with Crippen molar-refractivity contribution in [2.75, 3.05) is 6.54 Å². The average molecular weight is 343 g/mol. The molecule has 19 heavy (non-hydrogen) atoms. The summed E-state index contributed by atoms with van der Waals surface area (Å²) in [7, 11) is 1.96. The summed E-state index contributed by atoms with van der Waals surface area (Å²) in [5.74, 6) is 0.267. The first kappa shape index (κ1) is 14.6. The van der Waals surface area contributed by atoms with E-state index < -0.39 is 0 Å². The molecule has 2 aromatic rings. The van der Waals surface area contributed by atoms with Crippen molar-refractivity contribution < 1.29 is 0 Å². The number of benzene rings is 1. The van der Waals surface area contributed by atoms with Crippen LogP contribution in [-0.2, 0) is 13.5 Å². The van der Waals surface area contributed by atoms with E-state index in [4.69, 9.17) is 17.3 Å². The molecule has 0 amide bonds. The number of aromatic nitrogens is 2.